The Kier molecular flexibility index (Phi) is 10.7. The zero-order valence-electron chi connectivity index (χ0n) is 19.4. The molecular weight excluding hydrogens is 418 g/mol. The number of hydrogen-bond donors (Lipinski definition) is 4. The van der Waals surface area contributed by atoms with Crippen LogP contribution in [-0.2, 0) is 27.2 Å². The second-order valence-corrected chi connectivity index (χ2v) is 8.42. The van der Waals surface area contributed by atoms with Crippen LogP contribution >= 0.6 is 0 Å². The molecule has 178 valence electrons. The molecule has 0 aliphatic heterocycles. The summed E-state index contributed by atoms with van der Waals surface area (Å²) >= 11 is 0. The molecular formula is C26H35N3O4. The summed E-state index contributed by atoms with van der Waals surface area (Å²) in [5, 5.41) is 15.2. The maximum absolute atomic E-state index is 12.9. The number of Topliss-reactive ketones (excluding diaryl/α,β-unsaturated/α-hetero) is 1. The van der Waals surface area contributed by atoms with Gasteiger partial charge in [0.2, 0.25) is 11.8 Å². The smallest absolute Gasteiger partial charge is 0.242 e. The van der Waals surface area contributed by atoms with Crippen molar-refractivity contribution in [1.82, 2.24) is 10.6 Å². The number of benzene rings is 2. The SMILES string of the molecule is CCC(C)C(NC(=O)C(N)Cc1ccccc1)C(=O)NCC(CO)C(=O)Cc1ccccc1. The lowest BCUT2D eigenvalue weighted by atomic mass is 9.96. The van der Waals surface area contributed by atoms with Gasteiger partial charge in [0.1, 0.15) is 11.8 Å². The molecule has 0 saturated heterocycles. The van der Waals surface area contributed by atoms with Crippen LogP contribution in [0.15, 0.2) is 60.7 Å². The summed E-state index contributed by atoms with van der Waals surface area (Å²) in [6.07, 6.45) is 1.21. The van der Waals surface area contributed by atoms with Crippen molar-refractivity contribution >= 4 is 17.6 Å². The zero-order valence-corrected chi connectivity index (χ0v) is 19.4. The van der Waals surface area contributed by atoms with Gasteiger partial charge in [-0.2, -0.15) is 0 Å². The number of nitrogens with two attached hydrogens (primary N) is 1. The number of rotatable bonds is 13. The van der Waals surface area contributed by atoms with E-state index < -0.39 is 29.8 Å². The Morgan fingerprint density at radius 3 is 2.06 bits per heavy atom. The van der Waals surface area contributed by atoms with Crippen molar-refractivity contribution in [2.75, 3.05) is 13.2 Å². The quantitative estimate of drug-likeness (QED) is 0.367. The van der Waals surface area contributed by atoms with Crippen molar-refractivity contribution in [3.8, 4) is 0 Å². The van der Waals surface area contributed by atoms with Crippen molar-refractivity contribution in [2.45, 2.75) is 45.2 Å². The van der Waals surface area contributed by atoms with E-state index in [1.54, 1.807) is 0 Å². The van der Waals surface area contributed by atoms with Gasteiger partial charge in [-0.15, -0.1) is 0 Å². The Morgan fingerprint density at radius 1 is 0.939 bits per heavy atom. The van der Waals surface area contributed by atoms with E-state index in [0.29, 0.717) is 12.8 Å². The highest BCUT2D eigenvalue weighted by atomic mass is 16.3. The summed E-state index contributed by atoms with van der Waals surface area (Å²) in [4.78, 5) is 38.1. The molecule has 0 aromatic heterocycles. The molecule has 2 amide bonds. The molecule has 0 fully saturated rings. The minimum Gasteiger partial charge on any atom is -0.396 e. The second kappa shape index (κ2) is 13.5. The van der Waals surface area contributed by atoms with E-state index in [9.17, 15) is 19.5 Å². The first-order valence-electron chi connectivity index (χ1n) is 11.4. The van der Waals surface area contributed by atoms with E-state index in [1.165, 1.54) is 0 Å². The lowest BCUT2D eigenvalue weighted by Crippen LogP contribution is -2.55. The standard InChI is InChI=1S/C26H35N3O4/c1-3-18(2)24(29-25(32)22(27)14-19-10-6-4-7-11-19)26(33)28-16-21(17-30)23(31)15-20-12-8-5-9-13-20/h4-13,18,21-22,24,30H,3,14-17,27H2,1-2H3,(H,28,33)(H,29,32). The number of aliphatic hydroxyl groups excluding tert-OH is 1. The summed E-state index contributed by atoms with van der Waals surface area (Å²) in [5.74, 6) is -1.81. The predicted octanol–water partition coefficient (Wildman–Crippen LogP) is 1.62. The monoisotopic (exact) mass is 453 g/mol. The average molecular weight is 454 g/mol. The Labute approximate surface area is 195 Å². The first kappa shape index (κ1) is 26.2. The van der Waals surface area contributed by atoms with Crippen LogP contribution in [0.4, 0.5) is 0 Å². The van der Waals surface area contributed by atoms with Crippen LogP contribution in [-0.4, -0.2) is 47.9 Å². The van der Waals surface area contributed by atoms with Crippen molar-refractivity contribution < 1.29 is 19.5 Å². The molecule has 2 aromatic carbocycles. The number of amides is 2. The summed E-state index contributed by atoms with van der Waals surface area (Å²) in [7, 11) is 0. The lowest BCUT2D eigenvalue weighted by molar-refractivity contribution is -0.131. The number of hydrogen-bond acceptors (Lipinski definition) is 5. The number of ketones is 1. The molecule has 0 aliphatic rings. The molecule has 0 radical (unpaired) electrons. The number of carbonyl (C=O) groups excluding carboxylic acids is 3. The molecule has 0 heterocycles. The Balaban J connectivity index is 1.95. The van der Waals surface area contributed by atoms with Crippen LogP contribution in [0.3, 0.4) is 0 Å². The van der Waals surface area contributed by atoms with Crippen molar-refractivity contribution in [2.24, 2.45) is 17.6 Å². The molecule has 4 atom stereocenters. The predicted molar refractivity (Wildman–Crippen MR) is 128 cm³/mol. The van der Waals surface area contributed by atoms with Gasteiger partial charge in [0.15, 0.2) is 0 Å². The third-order valence-electron chi connectivity index (χ3n) is 5.85. The Hall–Kier alpha value is -3.03. The molecule has 2 rings (SSSR count). The minimum atomic E-state index is -0.788. The van der Waals surface area contributed by atoms with Gasteiger partial charge in [-0.05, 0) is 23.5 Å². The van der Waals surface area contributed by atoms with Crippen LogP contribution in [0.5, 0.6) is 0 Å². The lowest BCUT2D eigenvalue weighted by Gasteiger charge is -2.26. The normalized spacial score (nSPS) is 14.5. The van der Waals surface area contributed by atoms with Gasteiger partial charge in [0.25, 0.3) is 0 Å². The fraction of sp³-hybridized carbons (Fsp3) is 0.423. The molecule has 0 saturated carbocycles. The molecule has 2 aromatic rings. The highest BCUT2D eigenvalue weighted by molar-refractivity contribution is 5.90. The van der Waals surface area contributed by atoms with Gasteiger partial charge in [0.05, 0.1) is 18.6 Å². The largest absolute Gasteiger partial charge is 0.396 e. The molecule has 0 bridgehead atoms. The van der Waals surface area contributed by atoms with Crippen LogP contribution in [0, 0.1) is 11.8 Å². The number of aliphatic hydroxyl groups is 1. The molecule has 0 aliphatic carbocycles. The molecule has 4 unspecified atom stereocenters. The summed E-state index contributed by atoms with van der Waals surface area (Å²) in [6, 6.07) is 17.1. The maximum atomic E-state index is 12.9. The number of nitrogens with one attached hydrogen (secondary N) is 2. The summed E-state index contributed by atoms with van der Waals surface area (Å²) in [6.45, 7) is 3.44. The van der Waals surface area contributed by atoms with E-state index in [2.05, 4.69) is 10.6 Å². The fourth-order valence-corrected chi connectivity index (χ4v) is 3.48. The van der Waals surface area contributed by atoms with Gasteiger partial charge in [0, 0.05) is 13.0 Å². The topological polar surface area (TPSA) is 122 Å². The van der Waals surface area contributed by atoms with E-state index in [0.717, 1.165) is 11.1 Å². The van der Waals surface area contributed by atoms with Gasteiger partial charge < -0.3 is 21.5 Å². The van der Waals surface area contributed by atoms with Gasteiger partial charge >= 0.3 is 0 Å². The minimum absolute atomic E-state index is 0.000125. The molecule has 7 nitrogen and oxygen atoms in total. The first-order chi connectivity index (χ1) is 15.8. The van der Waals surface area contributed by atoms with E-state index >= 15 is 0 Å². The molecule has 5 N–H and O–H groups in total. The van der Waals surface area contributed by atoms with Crippen LogP contribution in [0.25, 0.3) is 0 Å². The van der Waals surface area contributed by atoms with Crippen LogP contribution in [0.1, 0.15) is 31.4 Å². The van der Waals surface area contributed by atoms with Gasteiger partial charge in [-0.25, -0.2) is 0 Å². The third kappa shape index (κ3) is 8.44. The summed E-state index contributed by atoms with van der Waals surface area (Å²) < 4.78 is 0. The maximum Gasteiger partial charge on any atom is 0.242 e. The first-order valence-corrected chi connectivity index (χ1v) is 11.4. The third-order valence-corrected chi connectivity index (χ3v) is 5.85. The van der Waals surface area contributed by atoms with Gasteiger partial charge in [-0.1, -0.05) is 80.9 Å². The van der Waals surface area contributed by atoms with E-state index in [-0.39, 0.29) is 31.3 Å². The highest BCUT2D eigenvalue weighted by Gasteiger charge is 2.29. The Bertz CT molecular complexity index is 889. The zero-order chi connectivity index (χ0) is 24.2. The number of carbonyl (C=O) groups is 3. The van der Waals surface area contributed by atoms with E-state index in [1.807, 2.05) is 74.5 Å². The van der Waals surface area contributed by atoms with Gasteiger partial charge in [-0.3, -0.25) is 14.4 Å². The van der Waals surface area contributed by atoms with Crippen LogP contribution < -0.4 is 16.4 Å². The molecule has 33 heavy (non-hydrogen) atoms. The van der Waals surface area contributed by atoms with Crippen molar-refractivity contribution in [3.05, 3.63) is 71.8 Å². The summed E-state index contributed by atoms with van der Waals surface area (Å²) in [5.41, 5.74) is 7.86. The van der Waals surface area contributed by atoms with Crippen molar-refractivity contribution in [1.29, 1.82) is 0 Å². The van der Waals surface area contributed by atoms with E-state index in [4.69, 9.17) is 5.73 Å². The molecule has 7 heteroatoms. The second-order valence-electron chi connectivity index (χ2n) is 8.42. The fourth-order valence-electron chi connectivity index (χ4n) is 3.48. The highest BCUT2D eigenvalue weighted by Crippen LogP contribution is 2.11. The van der Waals surface area contributed by atoms with Crippen LogP contribution in [0.2, 0.25) is 0 Å². The van der Waals surface area contributed by atoms with Crippen molar-refractivity contribution in [3.63, 3.8) is 0 Å². The molecule has 0 spiro atoms. The average Bonchev–Trinajstić information content (AvgIpc) is 2.83. The Morgan fingerprint density at radius 2 is 1.52 bits per heavy atom.